The largest absolute Gasteiger partial charge is 0.382 e. The van der Waals surface area contributed by atoms with Gasteiger partial charge in [-0.15, -0.1) is 0 Å². The van der Waals surface area contributed by atoms with E-state index in [1.165, 1.54) is 43.4 Å². The summed E-state index contributed by atoms with van der Waals surface area (Å²) in [6.07, 6.45) is 6.70. The molecule has 0 aromatic heterocycles. The van der Waals surface area contributed by atoms with Crippen LogP contribution in [0.5, 0.6) is 0 Å². The maximum atomic E-state index is 3.69. The predicted octanol–water partition coefficient (Wildman–Crippen LogP) is 4.77. The van der Waals surface area contributed by atoms with Gasteiger partial charge in [-0.25, -0.2) is 0 Å². The molecule has 1 saturated carbocycles. The summed E-state index contributed by atoms with van der Waals surface area (Å²) < 4.78 is 0. The highest BCUT2D eigenvalue weighted by Gasteiger charge is 2.24. The molecule has 0 amide bonds. The van der Waals surface area contributed by atoms with E-state index < -0.39 is 0 Å². The van der Waals surface area contributed by atoms with Crippen LogP contribution in [0.15, 0.2) is 24.3 Å². The average Bonchev–Trinajstić information content (AvgIpc) is 2.44. The molecular weight excluding hydrogens is 206 g/mol. The van der Waals surface area contributed by atoms with E-state index in [0.29, 0.717) is 11.5 Å². The SMILES string of the molecule is Cc1ccc(NC2CCCC(C)(C)CC2)cc1. The molecule has 0 radical (unpaired) electrons. The summed E-state index contributed by atoms with van der Waals surface area (Å²) in [6, 6.07) is 9.43. The maximum Gasteiger partial charge on any atom is 0.0342 e. The van der Waals surface area contributed by atoms with E-state index in [1.54, 1.807) is 0 Å². The topological polar surface area (TPSA) is 12.0 Å². The van der Waals surface area contributed by atoms with Crippen LogP contribution in [-0.2, 0) is 0 Å². The minimum atomic E-state index is 0.545. The molecule has 0 saturated heterocycles. The molecule has 1 N–H and O–H groups in total. The van der Waals surface area contributed by atoms with E-state index in [0.717, 1.165) is 0 Å². The van der Waals surface area contributed by atoms with E-state index in [2.05, 4.69) is 50.4 Å². The van der Waals surface area contributed by atoms with E-state index in [1.807, 2.05) is 0 Å². The van der Waals surface area contributed by atoms with Crippen LogP contribution >= 0.6 is 0 Å². The van der Waals surface area contributed by atoms with Gasteiger partial charge in [0.25, 0.3) is 0 Å². The minimum Gasteiger partial charge on any atom is -0.382 e. The van der Waals surface area contributed by atoms with Gasteiger partial charge < -0.3 is 5.32 Å². The summed E-state index contributed by atoms with van der Waals surface area (Å²) >= 11 is 0. The number of aryl methyl sites for hydroxylation is 1. The number of rotatable bonds is 2. The highest BCUT2D eigenvalue weighted by Crippen LogP contribution is 2.34. The molecule has 1 heteroatoms. The summed E-state index contributed by atoms with van der Waals surface area (Å²) in [7, 11) is 0. The highest BCUT2D eigenvalue weighted by molar-refractivity contribution is 5.45. The van der Waals surface area contributed by atoms with Crippen LogP contribution in [0.25, 0.3) is 0 Å². The van der Waals surface area contributed by atoms with Gasteiger partial charge in [-0.2, -0.15) is 0 Å². The first-order valence-corrected chi connectivity index (χ1v) is 6.88. The van der Waals surface area contributed by atoms with Crippen molar-refractivity contribution in [3.05, 3.63) is 29.8 Å². The van der Waals surface area contributed by atoms with Crippen LogP contribution in [0.4, 0.5) is 5.69 Å². The molecule has 17 heavy (non-hydrogen) atoms. The highest BCUT2D eigenvalue weighted by atomic mass is 14.9. The predicted molar refractivity (Wildman–Crippen MR) is 75.5 cm³/mol. The lowest BCUT2D eigenvalue weighted by Gasteiger charge is -2.22. The van der Waals surface area contributed by atoms with Crippen molar-refractivity contribution < 1.29 is 0 Å². The first-order valence-electron chi connectivity index (χ1n) is 6.88. The van der Waals surface area contributed by atoms with Crippen LogP contribution < -0.4 is 5.32 Å². The molecule has 1 aliphatic rings. The zero-order valence-corrected chi connectivity index (χ0v) is 11.4. The molecule has 2 rings (SSSR count). The molecule has 1 aromatic carbocycles. The zero-order valence-electron chi connectivity index (χ0n) is 11.4. The Morgan fingerprint density at radius 2 is 1.76 bits per heavy atom. The van der Waals surface area contributed by atoms with Gasteiger partial charge in [0.1, 0.15) is 0 Å². The number of anilines is 1. The lowest BCUT2D eigenvalue weighted by atomic mass is 9.85. The summed E-state index contributed by atoms with van der Waals surface area (Å²) in [6.45, 7) is 6.94. The summed E-state index contributed by atoms with van der Waals surface area (Å²) in [5.74, 6) is 0. The number of nitrogens with one attached hydrogen (secondary N) is 1. The molecule has 0 spiro atoms. The molecule has 0 aliphatic heterocycles. The third kappa shape index (κ3) is 3.76. The molecule has 0 heterocycles. The van der Waals surface area contributed by atoms with Crippen molar-refractivity contribution in [1.29, 1.82) is 0 Å². The Balaban J connectivity index is 1.93. The van der Waals surface area contributed by atoms with Gasteiger partial charge in [-0.1, -0.05) is 38.0 Å². The quantitative estimate of drug-likeness (QED) is 0.723. The lowest BCUT2D eigenvalue weighted by molar-refractivity contribution is 0.313. The second kappa shape index (κ2) is 5.12. The summed E-state index contributed by atoms with van der Waals surface area (Å²) in [5, 5.41) is 3.69. The third-order valence-corrected chi connectivity index (χ3v) is 4.00. The van der Waals surface area contributed by atoms with Gasteiger partial charge in [0.2, 0.25) is 0 Å². The zero-order chi connectivity index (χ0) is 12.3. The Labute approximate surface area is 106 Å². The van der Waals surface area contributed by atoms with Crippen LogP contribution in [-0.4, -0.2) is 6.04 Å². The number of benzene rings is 1. The van der Waals surface area contributed by atoms with E-state index in [4.69, 9.17) is 0 Å². The fourth-order valence-electron chi connectivity index (χ4n) is 2.69. The van der Waals surface area contributed by atoms with Crippen LogP contribution in [0, 0.1) is 12.3 Å². The first-order chi connectivity index (χ1) is 8.05. The van der Waals surface area contributed by atoms with Crippen LogP contribution in [0.1, 0.15) is 51.5 Å². The van der Waals surface area contributed by atoms with Gasteiger partial charge in [-0.3, -0.25) is 0 Å². The summed E-state index contributed by atoms with van der Waals surface area (Å²) in [4.78, 5) is 0. The van der Waals surface area contributed by atoms with Gasteiger partial charge in [-0.05, 0) is 50.2 Å². The molecule has 1 atom stereocenters. The molecule has 94 valence electrons. The minimum absolute atomic E-state index is 0.545. The number of hydrogen-bond acceptors (Lipinski definition) is 1. The van der Waals surface area contributed by atoms with Crippen molar-refractivity contribution in [2.75, 3.05) is 5.32 Å². The van der Waals surface area contributed by atoms with Crippen molar-refractivity contribution in [2.24, 2.45) is 5.41 Å². The molecule has 1 nitrogen and oxygen atoms in total. The second-order valence-electron chi connectivity index (χ2n) is 6.30. The van der Waals surface area contributed by atoms with Crippen molar-refractivity contribution in [3.8, 4) is 0 Å². The van der Waals surface area contributed by atoms with Gasteiger partial charge in [0.05, 0.1) is 0 Å². The Morgan fingerprint density at radius 3 is 2.47 bits per heavy atom. The second-order valence-corrected chi connectivity index (χ2v) is 6.30. The first kappa shape index (κ1) is 12.5. The van der Waals surface area contributed by atoms with Crippen LogP contribution in [0.2, 0.25) is 0 Å². The third-order valence-electron chi connectivity index (χ3n) is 4.00. The molecule has 0 bridgehead atoms. The van der Waals surface area contributed by atoms with E-state index in [-0.39, 0.29) is 0 Å². The molecule has 1 aromatic rings. The van der Waals surface area contributed by atoms with Crippen molar-refractivity contribution in [1.82, 2.24) is 0 Å². The van der Waals surface area contributed by atoms with Crippen LogP contribution in [0.3, 0.4) is 0 Å². The van der Waals surface area contributed by atoms with Gasteiger partial charge >= 0.3 is 0 Å². The Kier molecular flexibility index (Phi) is 3.76. The Bertz CT molecular complexity index is 350. The summed E-state index contributed by atoms with van der Waals surface area (Å²) in [5.41, 5.74) is 3.15. The van der Waals surface area contributed by atoms with Gasteiger partial charge in [0, 0.05) is 11.7 Å². The Hall–Kier alpha value is -0.980. The maximum absolute atomic E-state index is 3.69. The lowest BCUT2D eigenvalue weighted by Crippen LogP contribution is -2.19. The standard InChI is InChI=1S/C16H25N/c1-13-6-8-15(9-7-13)17-14-5-4-11-16(2,3)12-10-14/h6-9,14,17H,4-5,10-12H2,1-3H3. The average molecular weight is 231 g/mol. The molecule has 1 unspecified atom stereocenters. The fraction of sp³-hybridized carbons (Fsp3) is 0.625. The van der Waals surface area contributed by atoms with Crippen molar-refractivity contribution in [3.63, 3.8) is 0 Å². The molecule has 1 fully saturated rings. The fourth-order valence-corrected chi connectivity index (χ4v) is 2.69. The van der Waals surface area contributed by atoms with Crippen molar-refractivity contribution >= 4 is 5.69 Å². The monoisotopic (exact) mass is 231 g/mol. The molecule has 1 aliphatic carbocycles. The molecular formula is C16H25N. The Morgan fingerprint density at radius 1 is 1.06 bits per heavy atom. The number of hydrogen-bond donors (Lipinski definition) is 1. The van der Waals surface area contributed by atoms with E-state index >= 15 is 0 Å². The van der Waals surface area contributed by atoms with E-state index in [9.17, 15) is 0 Å². The van der Waals surface area contributed by atoms with Crippen molar-refractivity contribution in [2.45, 2.75) is 58.9 Å². The normalized spacial score (nSPS) is 24.1. The smallest absolute Gasteiger partial charge is 0.0342 e. The van der Waals surface area contributed by atoms with Gasteiger partial charge in [0.15, 0.2) is 0 Å².